The lowest BCUT2D eigenvalue weighted by Crippen LogP contribution is -2.04. The largest absolute Gasteiger partial charge is 0.340 e. The summed E-state index contributed by atoms with van der Waals surface area (Å²) in [5.41, 5.74) is 4.70. The fraction of sp³-hybridized carbons (Fsp3) is 0.174. The summed E-state index contributed by atoms with van der Waals surface area (Å²) in [7, 11) is 3.74. The van der Waals surface area contributed by atoms with Crippen LogP contribution in [-0.4, -0.2) is 39.5 Å². The quantitative estimate of drug-likeness (QED) is 0.400. The summed E-state index contributed by atoms with van der Waals surface area (Å²) in [5, 5.41) is 4.72. The molecule has 0 aliphatic carbocycles. The lowest BCUT2D eigenvalue weighted by molar-refractivity contribution is 0.0987. The smallest absolute Gasteiger partial charge is 0.188 e. The van der Waals surface area contributed by atoms with Crippen molar-refractivity contribution in [3.63, 3.8) is 0 Å². The molecule has 5 rings (SSSR count). The summed E-state index contributed by atoms with van der Waals surface area (Å²) in [5.74, 6) is 0.414. The van der Waals surface area contributed by atoms with E-state index in [-0.39, 0.29) is 18.0 Å². The number of Topliss-reactive ketones (excluding diaryl/α,β-unsaturated/α-hetero) is 1. The van der Waals surface area contributed by atoms with Gasteiger partial charge in [-0.2, -0.15) is 5.10 Å². The number of benzene rings is 1. The molecule has 0 N–H and O–H groups in total. The lowest BCUT2D eigenvalue weighted by atomic mass is 10.1. The molecular weight excluding hydrogens is 409 g/mol. The maximum absolute atomic E-state index is 13.4. The van der Waals surface area contributed by atoms with Crippen LogP contribution < -0.4 is 0 Å². The molecule has 5 aromatic rings. The fourth-order valence-corrected chi connectivity index (χ4v) is 3.67. The number of aromatic nitrogens is 7. The van der Waals surface area contributed by atoms with Crippen molar-refractivity contribution in [3.8, 4) is 22.6 Å². The van der Waals surface area contributed by atoms with Gasteiger partial charge in [0.15, 0.2) is 11.4 Å². The van der Waals surface area contributed by atoms with Crippen molar-refractivity contribution in [3.05, 3.63) is 78.1 Å². The molecule has 1 aromatic carbocycles. The van der Waals surface area contributed by atoms with E-state index in [1.165, 1.54) is 12.1 Å². The summed E-state index contributed by atoms with van der Waals surface area (Å²) in [4.78, 5) is 25.8. The van der Waals surface area contributed by atoms with Crippen LogP contribution in [0.25, 0.3) is 28.3 Å². The van der Waals surface area contributed by atoms with Gasteiger partial charge in [-0.25, -0.2) is 23.9 Å². The van der Waals surface area contributed by atoms with Crippen LogP contribution in [0, 0.1) is 12.7 Å². The average Bonchev–Trinajstić information content (AvgIpc) is 3.45. The standard InChI is InChI=1S/C23H20FN7O/c1-14-26-22(15-4-6-16(24)7-5-15)23(30(14)3)18-8-9-21-27-17(11-31(21)28-18)10-20(32)19-12-29(2)13-25-19/h4-9,11-13H,10H2,1-3H3. The van der Waals surface area contributed by atoms with E-state index in [1.807, 2.05) is 37.7 Å². The van der Waals surface area contributed by atoms with Crippen LogP contribution in [0.2, 0.25) is 0 Å². The van der Waals surface area contributed by atoms with Crippen molar-refractivity contribution in [1.29, 1.82) is 0 Å². The Morgan fingerprint density at radius 3 is 2.53 bits per heavy atom. The van der Waals surface area contributed by atoms with Crippen LogP contribution in [0.3, 0.4) is 0 Å². The zero-order chi connectivity index (χ0) is 22.4. The van der Waals surface area contributed by atoms with E-state index in [0.717, 1.165) is 22.8 Å². The van der Waals surface area contributed by atoms with Crippen LogP contribution in [0.1, 0.15) is 22.0 Å². The molecule has 0 fully saturated rings. The van der Waals surface area contributed by atoms with Gasteiger partial charge in [0.1, 0.15) is 23.0 Å². The summed E-state index contributed by atoms with van der Waals surface area (Å²) in [6.07, 6.45) is 5.18. The third-order valence-corrected chi connectivity index (χ3v) is 5.38. The van der Waals surface area contributed by atoms with Crippen molar-refractivity contribution < 1.29 is 9.18 Å². The Labute approximate surface area is 183 Å². The number of carbonyl (C=O) groups excluding carboxylic acids is 1. The fourth-order valence-electron chi connectivity index (χ4n) is 3.67. The Balaban J connectivity index is 1.52. The van der Waals surface area contributed by atoms with Crippen molar-refractivity contribution in [2.24, 2.45) is 14.1 Å². The number of aryl methyl sites for hydroxylation is 2. The van der Waals surface area contributed by atoms with Gasteiger partial charge in [0.05, 0.1) is 36.0 Å². The van der Waals surface area contributed by atoms with E-state index in [0.29, 0.717) is 22.7 Å². The second-order valence-electron chi connectivity index (χ2n) is 7.70. The minimum atomic E-state index is -0.298. The van der Waals surface area contributed by atoms with Crippen molar-refractivity contribution in [2.45, 2.75) is 13.3 Å². The van der Waals surface area contributed by atoms with Crippen molar-refractivity contribution >= 4 is 11.4 Å². The minimum Gasteiger partial charge on any atom is -0.340 e. The number of fused-ring (bicyclic) bond motifs is 1. The molecule has 9 heteroatoms. The Bertz CT molecular complexity index is 1460. The molecule has 4 aromatic heterocycles. The molecule has 32 heavy (non-hydrogen) atoms. The highest BCUT2D eigenvalue weighted by molar-refractivity contribution is 5.95. The van der Waals surface area contributed by atoms with Crippen LogP contribution in [0.15, 0.2) is 55.1 Å². The van der Waals surface area contributed by atoms with Gasteiger partial charge in [-0.1, -0.05) is 0 Å². The normalized spacial score (nSPS) is 11.4. The highest BCUT2D eigenvalue weighted by Gasteiger charge is 2.19. The van der Waals surface area contributed by atoms with E-state index in [9.17, 15) is 9.18 Å². The first kappa shape index (κ1) is 19.8. The lowest BCUT2D eigenvalue weighted by Gasteiger charge is -2.07. The van der Waals surface area contributed by atoms with Crippen LogP contribution in [0.4, 0.5) is 4.39 Å². The molecule has 0 aliphatic heterocycles. The zero-order valence-corrected chi connectivity index (χ0v) is 17.8. The maximum Gasteiger partial charge on any atom is 0.188 e. The Morgan fingerprint density at radius 2 is 1.81 bits per heavy atom. The molecular formula is C23H20FN7O. The molecule has 0 saturated carbocycles. The maximum atomic E-state index is 13.4. The monoisotopic (exact) mass is 429 g/mol. The van der Waals surface area contributed by atoms with Gasteiger partial charge in [-0.3, -0.25) is 4.79 Å². The first-order chi connectivity index (χ1) is 15.4. The van der Waals surface area contributed by atoms with Gasteiger partial charge < -0.3 is 9.13 Å². The molecule has 0 spiro atoms. The van der Waals surface area contributed by atoms with Gasteiger partial charge in [0.2, 0.25) is 0 Å². The number of ketones is 1. The highest BCUT2D eigenvalue weighted by atomic mass is 19.1. The van der Waals surface area contributed by atoms with E-state index >= 15 is 0 Å². The number of nitrogens with zero attached hydrogens (tertiary/aromatic N) is 7. The zero-order valence-electron chi connectivity index (χ0n) is 17.8. The Hall–Kier alpha value is -4.14. The molecule has 0 aliphatic rings. The Kier molecular flexibility index (Phi) is 4.66. The summed E-state index contributed by atoms with van der Waals surface area (Å²) >= 11 is 0. The minimum absolute atomic E-state index is 0.102. The first-order valence-corrected chi connectivity index (χ1v) is 10.0. The van der Waals surface area contributed by atoms with Crippen LogP contribution >= 0.6 is 0 Å². The second-order valence-corrected chi connectivity index (χ2v) is 7.70. The number of halogens is 1. The van der Waals surface area contributed by atoms with Crippen molar-refractivity contribution in [2.75, 3.05) is 0 Å². The Morgan fingerprint density at radius 1 is 1.03 bits per heavy atom. The summed E-state index contributed by atoms with van der Waals surface area (Å²) in [6.45, 7) is 1.91. The van der Waals surface area contributed by atoms with Crippen LogP contribution in [-0.2, 0) is 20.5 Å². The molecule has 0 bridgehead atoms. The van der Waals surface area contributed by atoms with Gasteiger partial charge in [0, 0.05) is 25.9 Å². The van der Waals surface area contributed by atoms with Gasteiger partial charge >= 0.3 is 0 Å². The predicted molar refractivity (Wildman–Crippen MR) is 117 cm³/mol. The summed E-state index contributed by atoms with van der Waals surface area (Å²) < 4.78 is 18.8. The number of hydrogen-bond acceptors (Lipinski definition) is 5. The predicted octanol–water partition coefficient (Wildman–Crippen LogP) is 3.40. The third kappa shape index (κ3) is 3.47. The van der Waals surface area contributed by atoms with E-state index < -0.39 is 0 Å². The molecule has 0 amide bonds. The molecule has 4 heterocycles. The average molecular weight is 429 g/mol. The molecule has 8 nitrogen and oxygen atoms in total. The number of rotatable bonds is 5. The molecule has 0 atom stereocenters. The third-order valence-electron chi connectivity index (χ3n) is 5.38. The number of carbonyl (C=O) groups is 1. The van der Waals surface area contributed by atoms with Crippen LogP contribution in [0.5, 0.6) is 0 Å². The van der Waals surface area contributed by atoms with E-state index in [2.05, 4.69) is 15.0 Å². The van der Waals surface area contributed by atoms with Gasteiger partial charge in [-0.15, -0.1) is 0 Å². The molecule has 160 valence electrons. The number of imidazole rings is 3. The number of hydrogen-bond donors (Lipinski definition) is 0. The molecule has 0 unspecified atom stereocenters. The second kappa shape index (κ2) is 7.52. The van der Waals surface area contributed by atoms with Gasteiger partial charge in [0.25, 0.3) is 0 Å². The SMILES string of the molecule is Cc1nc(-c2ccc(F)cc2)c(-c2ccc3nc(CC(=O)c4cn(C)cn4)cn3n2)n1C. The topological polar surface area (TPSA) is 82.9 Å². The van der Waals surface area contributed by atoms with Gasteiger partial charge in [-0.05, 0) is 43.3 Å². The van der Waals surface area contributed by atoms with E-state index in [1.54, 1.807) is 39.9 Å². The van der Waals surface area contributed by atoms with E-state index in [4.69, 9.17) is 5.10 Å². The molecule has 0 radical (unpaired) electrons. The highest BCUT2D eigenvalue weighted by Crippen LogP contribution is 2.31. The van der Waals surface area contributed by atoms with Crippen molar-refractivity contribution in [1.82, 2.24) is 33.7 Å². The summed E-state index contributed by atoms with van der Waals surface area (Å²) in [6, 6.07) is 9.97. The molecule has 0 saturated heterocycles. The first-order valence-electron chi connectivity index (χ1n) is 10.0.